The van der Waals surface area contributed by atoms with Crippen molar-refractivity contribution >= 4 is 5.91 Å². The molecule has 2 aliphatic rings. The van der Waals surface area contributed by atoms with Crippen molar-refractivity contribution in [3.05, 3.63) is 0 Å². The zero-order valence-electron chi connectivity index (χ0n) is 10.2. The Balaban J connectivity index is 1.99. The molecule has 0 aromatic heterocycles. The van der Waals surface area contributed by atoms with Gasteiger partial charge < -0.3 is 15.4 Å². The maximum atomic E-state index is 11.6. The second-order valence-electron chi connectivity index (χ2n) is 4.98. The van der Waals surface area contributed by atoms with Crippen LogP contribution in [0.3, 0.4) is 0 Å². The van der Waals surface area contributed by atoms with Crippen molar-refractivity contribution in [1.82, 2.24) is 4.90 Å². The number of ether oxygens (including phenoxy) is 1. The van der Waals surface area contributed by atoms with Crippen molar-refractivity contribution in [2.75, 3.05) is 13.2 Å². The summed E-state index contributed by atoms with van der Waals surface area (Å²) in [6.45, 7) is 5.82. The molecule has 2 rings (SSSR count). The molecule has 0 spiro atoms. The number of carbonyl (C=O) groups is 1. The molecule has 2 heterocycles. The van der Waals surface area contributed by atoms with Gasteiger partial charge in [-0.1, -0.05) is 13.8 Å². The average molecular weight is 226 g/mol. The van der Waals surface area contributed by atoms with Crippen molar-refractivity contribution < 1.29 is 9.53 Å². The number of β-lactam (4-membered cyclic amide) rings is 1. The Kier molecular flexibility index (Phi) is 3.22. The van der Waals surface area contributed by atoms with Crippen molar-refractivity contribution in [2.45, 2.75) is 57.2 Å². The van der Waals surface area contributed by atoms with Crippen molar-refractivity contribution in [2.24, 2.45) is 5.73 Å². The molecule has 2 atom stereocenters. The van der Waals surface area contributed by atoms with E-state index in [9.17, 15) is 4.79 Å². The lowest BCUT2D eigenvalue weighted by Gasteiger charge is -2.48. The van der Waals surface area contributed by atoms with Crippen LogP contribution < -0.4 is 5.73 Å². The minimum Gasteiger partial charge on any atom is -0.375 e. The maximum absolute atomic E-state index is 11.6. The lowest BCUT2D eigenvalue weighted by atomic mass is 9.84. The summed E-state index contributed by atoms with van der Waals surface area (Å²) in [5, 5.41) is 0. The highest BCUT2D eigenvalue weighted by atomic mass is 16.5. The number of hydrogen-bond donors (Lipinski definition) is 1. The summed E-state index contributed by atoms with van der Waals surface area (Å²) in [5.41, 5.74) is 5.62. The highest BCUT2D eigenvalue weighted by Crippen LogP contribution is 2.35. The molecule has 16 heavy (non-hydrogen) atoms. The molecule has 0 aromatic carbocycles. The minimum atomic E-state index is -0.250. The van der Waals surface area contributed by atoms with Gasteiger partial charge in [-0.05, 0) is 25.7 Å². The molecule has 92 valence electrons. The standard InChI is InChI=1S/C12H22N2O2/c1-3-12(4-2)7-9(5-6-16-12)14-8-10(13)11(14)15/h9-10H,3-8,13H2,1-2H3. The van der Waals surface area contributed by atoms with Gasteiger partial charge in [0.2, 0.25) is 5.91 Å². The lowest BCUT2D eigenvalue weighted by molar-refractivity contribution is -0.157. The van der Waals surface area contributed by atoms with Gasteiger partial charge in [0, 0.05) is 19.2 Å². The van der Waals surface area contributed by atoms with Gasteiger partial charge in [-0.25, -0.2) is 0 Å². The summed E-state index contributed by atoms with van der Waals surface area (Å²) in [6, 6.07) is 0.0986. The number of amides is 1. The Bertz CT molecular complexity index is 276. The van der Waals surface area contributed by atoms with E-state index in [1.807, 2.05) is 4.90 Å². The van der Waals surface area contributed by atoms with Crippen LogP contribution in [0.1, 0.15) is 39.5 Å². The topological polar surface area (TPSA) is 55.6 Å². The Morgan fingerprint density at radius 2 is 2.19 bits per heavy atom. The molecule has 0 aromatic rings. The maximum Gasteiger partial charge on any atom is 0.241 e. The molecular weight excluding hydrogens is 204 g/mol. The Hall–Kier alpha value is -0.610. The molecule has 0 saturated carbocycles. The second-order valence-corrected chi connectivity index (χ2v) is 4.98. The Labute approximate surface area is 97.1 Å². The van der Waals surface area contributed by atoms with Gasteiger partial charge in [-0.3, -0.25) is 4.79 Å². The molecule has 4 heteroatoms. The number of carbonyl (C=O) groups excluding carboxylic acids is 1. The fourth-order valence-corrected chi connectivity index (χ4v) is 2.82. The van der Waals surface area contributed by atoms with Crippen molar-refractivity contribution in [3.8, 4) is 0 Å². The molecule has 2 saturated heterocycles. The third-order valence-electron chi connectivity index (χ3n) is 4.19. The van der Waals surface area contributed by atoms with Gasteiger partial charge in [0.25, 0.3) is 0 Å². The first-order chi connectivity index (χ1) is 7.62. The lowest BCUT2D eigenvalue weighted by Crippen LogP contribution is -2.66. The van der Waals surface area contributed by atoms with Crippen molar-refractivity contribution in [3.63, 3.8) is 0 Å². The van der Waals surface area contributed by atoms with E-state index in [2.05, 4.69) is 13.8 Å². The van der Waals surface area contributed by atoms with E-state index in [1.165, 1.54) is 0 Å². The van der Waals surface area contributed by atoms with E-state index in [0.717, 1.165) is 38.8 Å². The molecule has 1 amide bonds. The van der Waals surface area contributed by atoms with Crippen LogP contribution in [0.2, 0.25) is 0 Å². The number of hydrogen-bond acceptors (Lipinski definition) is 3. The van der Waals surface area contributed by atoms with Gasteiger partial charge in [0.05, 0.1) is 5.60 Å². The Morgan fingerprint density at radius 3 is 2.69 bits per heavy atom. The van der Waals surface area contributed by atoms with Gasteiger partial charge in [-0.2, -0.15) is 0 Å². The molecular formula is C12H22N2O2. The Morgan fingerprint density at radius 1 is 1.50 bits per heavy atom. The summed E-state index contributed by atoms with van der Waals surface area (Å²) in [5.74, 6) is 0.119. The van der Waals surface area contributed by atoms with Crippen LogP contribution in [-0.2, 0) is 9.53 Å². The first-order valence-corrected chi connectivity index (χ1v) is 6.32. The predicted molar refractivity (Wildman–Crippen MR) is 62.0 cm³/mol. The smallest absolute Gasteiger partial charge is 0.241 e. The van der Waals surface area contributed by atoms with Crippen molar-refractivity contribution in [1.29, 1.82) is 0 Å². The van der Waals surface area contributed by atoms with E-state index in [-0.39, 0.29) is 17.6 Å². The molecule has 0 radical (unpaired) electrons. The largest absolute Gasteiger partial charge is 0.375 e. The zero-order chi connectivity index (χ0) is 11.8. The molecule has 0 aliphatic carbocycles. The number of likely N-dealkylation sites (tertiary alicyclic amines) is 1. The summed E-state index contributed by atoms with van der Waals surface area (Å²) < 4.78 is 5.91. The molecule has 2 unspecified atom stereocenters. The fraction of sp³-hybridized carbons (Fsp3) is 0.917. The van der Waals surface area contributed by atoms with Gasteiger partial charge in [0.15, 0.2) is 0 Å². The van der Waals surface area contributed by atoms with Crippen LogP contribution in [0.25, 0.3) is 0 Å². The molecule has 4 nitrogen and oxygen atoms in total. The molecule has 0 bridgehead atoms. The number of nitrogens with zero attached hydrogens (tertiary/aromatic N) is 1. The van der Waals surface area contributed by atoms with Crippen LogP contribution in [0, 0.1) is 0 Å². The highest BCUT2D eigenvalue weighted by Gasteiger charge is 2.43. The van der Waals surface area contributed by atoms with E-state index in [4.69, 9.17) is 10.5 Å². The monoisotopic (exact) mass is 226 g/mol. The predicted octanol–water partition coefficient (Wildman–Crippen LogP) is 0.894. The normalized spacial score (nSPS) is 33.7. The zero-order valence-corrected chi connectivity index (χ0v) is 10.2. The average Bonchev–Trinajstić information content (AvgIpc) is 2.35. The first kappa shape index (κ1) is 11.9. The van der Waals surface area contributed by atoms with E-state index in [1.54, 1.807) is 0 Å². The van der Waals surface area contributed by atoms with Gasteiger partial charge in [-0.15, -0.1) is 0 Å². The highest BCUT2D eigenvalue weighted by molar-refractivity contribution is 5.88. The summed E-state index contributed by atoms with van der Waals surface area (Å²) in [4.78, 5) is 13.5. The summed E-state index contributed by atoms with van der Waals surface area (Å²) >= 11 is 0. The summed E-state index contributed by atoms with van der Waals surface area (Å²) in [7, 11) is 0. The second kappa shape index (κ2) is 4.34. The van der Waals surface area contributed by atoms with E-state index in [0.29, 0.717) is 6.04 Å². The third-order valence-corrected chi connectivity index (χ3v) is 4.19. The number of rotatable bonds is 3. The SMILES string of the molecule is CCC1(CC)CC(N2CC(N)C2=O)CCO1. The van der Waals surface area contributed by atoms with Crippen LogP contribution >= 0.6 is 0 Å². The van der Waals surface area contributed by atoms with E-state index < -0.39 is 0 Å². The number of nitrogens with two attached hydrogens (primary N) is 1. The van der Waals surface area contributed by atoms with E-state index >= 15 is 0 Å². The van der Waals surface area contributed by atoms with Crippen LogP contribution in [0.4, 0.5) is 0 Å². The molecule has 2 N–H and O–H groups in total. The van der Waals surface area contributed by atoms with Crippen LogP contribution in [0.5, 0.6) is 0 Å². The molecule has 2 fully saturated rings. The first-order valence-electron chi connectivity index (χ1n) is 6.32. The third kappa shape index (κ3) is 1.84. The fourth-order valence-electron chi connectivity index (χ4n) is 2.82. The summed E-state index contributed by atoms with van der Waals surface area (Å²) in [6.07, 6.45) is 3.97. The molecule has 2 aliphatic heterocycles. The van der Waals surface area contributed by atoms with Crippen LogP contribution in [-0.4, -0.2) is 41.6 Å². The van der Waals surface area contributed by atoms with Gasteiger partial charge >= 0.3 is 0 Å². The van der Waals surface area contributed by atoms with Crippen LogP contribution in [0.15, 0.2) is 0 Å². The minimum absolute atomic E-state index is 0.0110. The quantitative estimate of drug-likeness (QED) is 0.727. The van der Waals surface area contributed by atoms with Gasteiger partial charge in [0.1, 0.15) is 6.04 Å².